The van der Waals surface area contributed by atoms with Gasteiger partial charge in [-0.05, 0) is 6.42 Å². The molecule has 2 unspecified atom stereocenters. The van der Waals surface area contributed by atoms with E-state index < -0.39 is 18.8 Å². The lowest BCUT2D eigenvalue weighted by Crippen LogP contribution is -2.44. The first-order valence-corrected chi connectivity index (χ1v) is 6.48. The van der Waals surface area contributed by atoms with E-state index in [9.17, 15) is 13.2 Å². The van der Waals surface area contributed by atoms with Gasteiger partial charge in [-0.3, -0.25) is 0 Å². The molecule has 21 heavy (non-hydrogen) atoms. The van der Waals surface area contributed by atoms with Gasteiger partial charge in [-0.25, -0.2) is 0 Å². The van der Waals surface area contributed by atoms with Crippen molar-refractivity contribution < 1.29 is 17.9 Å². The summed E-state index contributed by atoms with van der Waals surface area (Å²) in [4.78, 5) is 9.73. The zero-order valence-corrected chi connectivity index (χ0v) is 11.0. The van der Waals surface area contributed by atoms with E-state index in [2.05, 4.69) is 15.3 Å². The number of nitrogen functional groups attached to an aromatic ring is 1. The molecule has 0 aromatic carbocycles. The van der Waals surface area contributed by atoms with Gasteiger partial charge in [-0.1, -0.05) is 0 Å². The molecule has 1 aromatic rings. The van der Waals surface area contributed by atoms with Gasteiger partial charge in [-0.15, -0.1) is 0 Å². The molecule has 7 nitrogen and oxygen atoms in total. The standard InChI is InChI=1S/C11H15F3N6O/c12-11(13,14)6-4-21-7-8(17-6)18-10(16)19-9(7)20-2-1-5(15)3-20/h5-6H,1-4,15H2,(H3,16,17,18,19). The summed E-state index contributed by atoms with van der Waals surface area (Å²) in [5.41, 5.74) is 11.4. The highest BCUT2D eigenvalue weighted by Gasteiger charge is 2.44. The smallest absolute Gasteiger partial charge is 0.411 e. The van der Waals surface area contributed by atoms with Crippen molar-refractivity contribution in [1.82, 2.24) is 9.97 Å². The zero-order valence-electron chi connectivity index (χ0n) is 11.0. The summed E-state index contributed by atoms with van der Waals surface area (Å²) in [6.45, 7) is 0.668. The maximum absolute atomic E-state index is 12.7. The SMILES string of the molecule is Nc1nc2c(c(N3CCC(N)C3)n1)OCC(C(F)(F)F)N2. The Hall–Kier alpha value is -1.97. The second-order valence-electron chi connectivity index (χ2n) is 5.13. The average Bonchev–Trinajstić information content (AvgIpc) is 2.82. The summed E-state index contributed by atoms with van der Waals surface area (Å²) >= 11 is 0. The number of hydrogen-bond donors (Lipinski definition) is 3. The summed E-state index contributed by atoms with van der Waals surface area (Å²) in [7, 11) is 0. The molecule has 5 N–H and O–H groups in total. The van der Waals surface area contributed by atoms with Gasteiger partial charge in [0.1, 0.15) is 6.61 Å². The molecule has 0 radical (unpaired) electrons. The lowest BCUT2D eigenvalue weighted by atomic mass is 10.2. The number of nitrogens with zero attached hydrogens (tertiary/aromatic N) is 3. The number of hydrogen-bond acceptors (Lipinski definition) is 7. The van der Waals surface area contributed by atoms with Crippen LogP contribution in [0.3, 0.4) is 0 Å². The number of nitrogens with one attached hydrogen (secondary N) is 1. The van der Waals surface area contributed by atoms with Crippen molar-refractivity contribution in [1.29, 1.82) is 0 Å². The fourth-order valence-electron chi connectivity index (χ4n) is 2.43. The van der Waals surface area contributed by atoms with Gasteiger partial charge in [0.2, 0.25) is 11.7 Å². The zero-order chi connectivity index (χ0) is 15.2. The molecule has 1 aromatic heterocycles. The Bertz CT molecular complexity index is 551. The summed E-state index contributed by atoms with van der Waals surface area (Å²) < 4.78 is 43.5. The highest BCUT2D eigenvalue weighted by Crippen LogP contribution is 2.39. The molecule has 0 saturated carbocycles. The molecular formula is C11H15F3N6O. The minimum atomic E-state index is -4.42. The molecule has 0 aliphatic carbocycles. The van der Waals surface area contributed by atoms with Crippen LogP contribution in [-0.2, 0) is 0 Å². The molecule has 1 saturated heterocycles. The van der Waals surface area contributed by atoms with Crippen LogP contribution >= 0.6 is 0 Å². The van der Waals surface area contributed by atoms with Crippen molar-refractivity contribution in [2.24, 2.45) is 5.73 Å². The molecule has 116 valence electrons. The van der Waals surface area contributed by atoms with Crippen molar-refractivity contribution in [2.45, 2.75) is 24.7 Å². The summed E-state index contributed by atoms with van der Waals surface area (Å²) in [5.74, 6) is 0.437. The van der Waals surface area contributed by atoms with E-state index in [1.165, 1.54) is 0 Å². The number of aromatic nitrogens is 2. The molecular weight excluding hydrogens is 289 g/mol. The fourth-order valence-corrected chi connectivity index (χ4v) is 2.43. The first-order chi connectivity index (χ1) is 9.84. The summed E-state index contributed by atoms with van der Waals surface area (Å²) in [5, 5.41) is 2.31. The lowest BCUT2D eigenvalue weighted by molar-refractivity contribution is -0.149. The molecule has 10 heteroatoms. The Morgan fingerprint density at radius 2 is 2.10 bits per heavy atom. The van der Waals surface area contributed by atoms with Gasteiger partial charge < -0.3 is 26.4 Å². The van der Waals surface area contributed by atoms with Crippen LogP contribution in [0.2, 0.25) is 0 Å². The topological polar surface area (TPSA) is 102 Å². The van der Waals surface area contributed by atoms with Crippen LogP contribution in [0.15, 0.2) is 0 Å². The fraction of sp³-hybridized carbons (Fsp3) is 0.636. The third kappa shape index (κ3) is 2.62. The first kappa shape index (κ1) is 14.0. The Kier molecular flexibility index (Phi) is 3.19. The molecule has 3 rings (SSSR count). The Labute approximate surface area is 118 Å². The van der Waals surface area contributed by atoms with E-state index in [4.69, 9.17) is 16.2 Å². The van der Waals surface area contributed by atoms with Crippen LogP contribution in [0.1, 0.15) is 6.42 Å². The molecule has 2 aliphatic heterocycles. The van der Waals surface area contributed by atoms with Crippen LogP contribution in [0, 0.1) is 0 Å². The minimum Gasteiger partial charge on any atom is -0.484 e. The van der Waals surface area contributed by atoms with Crippen molar-refractivity contribution in [3.63, 3.8) is 0 Å². The van der Waals surface area contributed by atoms with Gasteiger partial charge in [-0.2, -0.15) is 23.1 Å². The van der Waals surface area contributed by atoms with Crippen molar-refractivity contribution in [3.8, 4) is 5.75 Å². The van der Waals surface area contributed by atoms with E-state index in [0.717, 1.165) is 6.42 Å². The van der Waals surface area contributed by atoms with Gasteiger partial charge in [0.15, 0.2) is 17.7 Å². The Morgan fingerprint density at radius 1 is 1.33 bits per heavy atom. The molecule has 2 atom stereocenters. The minimum absolute atomic E-state index is 0.00341. The van der Waals surface area contributed by atoms with Crippen molar-refractivity contribution >= 4 is 17.6 Å². The van der Waals surface area contributed by atoms with Crippen LogP contribution in [-0.4, -0.2) is 47.9 Å². The maximum Gasteiger partial charge on any atom is 0.411 e. The molecule has 3 heterocycles. The van der Waals surface area contributed by atoms with E-state index in [0.29, 0.717) is 18.9 Å². The highest BCUT2D eigenvalue weighted by atomic mass is 19.4. The number of anilines is 3. The third-order valence-electron chi connectivity index (χ3n) is 3.49. The summed E-state index contributed by atoms with van der Waals surface area (Å²) in [6, 6.07) is -1.82. The van der Waals surface area contributed by atoms with Gasteiger partial charge in [0, 0.05) is 19.1 Å². The predicted octanol–water partition coefficient (Wildman–Crippen LogP) is 0.331. The predicted molar refractivity (Wildman–Crippen MR) is 70.2 cm³/mol. The molecule has 0 spiro atoms. The van der Waals surface area contributed by atoms with Crippen LogP contribution in [0.5, 0.6) is 5.75 Å². The average molecular weight is 304 g/mol. The largest absolute Gasteiger partial charge is 0.484 e. The van der Waals surface area contributed by atoms with Crippen LogP contribution < -0.4 is 26.4 Å². The Morgan fingerprint density at radius 3 is 2.71 bits per heavy atom. The number of fused-ring (bicyclic) bond motifs is 1. The normalized spacial score (nSPS) is 25.2. The first-order valence-electron chi connectivity index (χ1n) is 6.48. The molecule has 1 fully saturated rings. The van der Waals surface area contributed by atoms with E-state index >= 15 is 0 Å². The second kappa shape index (κ2) is 4.79. The van der Waals surface area contributed by atoms with Gasteiger partial charge in [0.05, 0.1) is 0 Å². The molecule has 0 bridgehead atoms. The number of halogens is 3. The van der Waals surface area contributed by atoms with Crippen LogP contribution in [0.25, 0.3) is 0 Å². The highest BCUT2D eigenvalue weighted by molar-refractivity contribution is 5.69. The van der Waals surface area contributed by atoms with Crippen LogP contribution in [0.4, 0.5) is 30.8 Å². The maximum atomic E-state index is 12.7. The number of alkyl halides is 3. The van der Waals surface area contributed by atoms with Gasteiger partial charge >= 0.3 is 6.18 Å². The number of nitrogens with two attached hydrogens (primary N) is 2. The number of ether oxygens (including phenoxy) is 1. The third-order valence-corrected chi connectivity index (χ3v) is 3.49. The monoisotopic (exact) mass is 304 g/mol. The van der Waals surface area contributed by atoms with E-state index in [1.54, 1.807) is 0 Å². The van der Waals surface area contributed by atoms with E-state index in [1.807, 2.05) is 4.90 Å². The number of rotatable bonds is 1. The second-order valence-corrected chi connectivity index (χ2v) is 5.13. The molecule has 0 amide bonds. The van der Waals surface area contributed by atoms with Crippen molar-refractivity contribution in [2.75, 3.05) is 35.6 Å². The quantitative estimate of drug-likeness (QED) is 0.687. The van der Waals surface area contributed by atoms with Gasteiger partial charge in [0.25, 0.3) is 0 Å². The summed E-state index contributed by atoms with van der Waals surface area (Å²) in [6.07, 6.45) is -3.65. The Balaban J connectivity index is 1.93. The van der Waals surface area contributed by atoms with E-state index in [-0.39, 0.29) is 23.6 Å². The van der Waals surface area contributed by atoms with Crippen molar-refractivity contribution in [3.05, 3.63) is 0 Å². The lowest BCUT2D eigenvalue weighted by Gasteiger charge is -2.30. The molecule has 2 aliphatic rings.